The summed E-state index contributed by atoms with van der Waals surface area (Å²) in [5.41, 5.74) is 0. The fourth-order valence-corrected chi connectivity index (χ4v) is 0.986. The standard InChI is InChI=1S/C8H18O2/c1-7(2)6-8(3)10-5-4-9/h7-9H,4-6H2,1-3H3/t8-/m1/s1. The summed E-state index contributed by atoms with van der Waals surface area (Å²) < 4.78 is 5.25. The minimum Gasteiger partial charge on any atom is -0.394 e. The molecule has 2 heteroatoms. The second-order valence-electron chi connectivity index (χ2n) is 3.03. The van der Waals surface area contributed by atoms with E-state index in [-0.39, 0.29) is 12.7 Å². The average Bonchev–Trinajstić information content (AvgIpc) is 1.82. The Labute approximate surface area is 63.2 Å². The first-order chi connectivity index (χ1) is 4.66. The normalized spacial score (nSPS) is 14.1. The van der Waals surface area contributed by atoms with Crippen molar-refractivity contribution in [2.45, 2.75) is 33.3 Å². The van der Waals surface area contributed by atoms with Crippen molar-refractivity contribution in [2.24, 2.45) is 5.92 Å². The maximum atomic E-state index is 8.42. The molecule has 1 atom stereocenters. The number of aliphatic hydroxyl groups is 1. The van der Waals surface area contributed by atoms with Crippen LogP contribution in [0, 0.1) is 5.92 Å². The summed E-state index contributed by atoms with van der Waals surface area (Å²) in [6.45, 7) is 6.96. The third-order valence-electron chi connectivity index (χ3n) is 1.30. The molecule has 0 aliphatic heterocycles. The number of ether oxygens (including phenoxy) is 1. The molecule has 0 fully saturated rings. The third-order valence-corrected chi connectivity index (χ3v) is 1.30. The Morgan fingerprint density at radius 3 is 2.30 bits per heavy atom. The van der Waals surface area contributed by atoms with Gasteiger partial charge in [0.2, 0.25) is 0 Å². The van der Waals surface area contributed by atoms with Crippen LogP contribution >= 0.6 is 0 Å². The minimum atomic E-state index is 0.127. The Hall–Kier alpha value is -0.0800. The van der Waals surface area contributed by atoms with Crippen molar-refractivity contribution in [3.05, 3.63) is 0 Å². The molecule has 0 heterocycles. The molecule has 1 N–H and O–H groups in total. The Balaban J connectivity index is 3.16. The number of hydrogen-bond donors (Lipinski definition) is 1. The van der Waals surface area contributed by atoms with Crippen molar-refractivity contribution in [1.82, 2.24) is 0 Å². The molecule has 0 bridgehead atoms. The highest BCUT2D eigenvalue weighted by molar-refractivity contribution is 4.53. The maximum absolute atomic E-state index is 8.42. The molecule has 0 unspecified atom stereocenters. The molecular formula is C8H18O2. The van der Waals surface area contributed by atoms with E-state index >= 15 is 0 Å². The summed E-state index contributed by atoms with van der Waals surface area (Å²) in [7, 11) is 0. The van der Waals surface area contributed by atoms with E-state index in [2.05, 4.69) is 13.8 Å². The number of aliphatic hydroxyl groups excluding tert-OH is 1. The molecule has 0 radical (unpaired) electrons. The molecule has 0 aromatic rings. The summed E-state index contributed by atoms with van der Waals surface area (Å²) >= 11 is 0. The first kappa shape index (κ1) is 9.92. The van der Waals surface area contributed by atoms with E-state index in [1.54, 1.807) is 0 Å². The molecule has 0 aliphatic rings. The molecule has 2 nitrogen and oxygen atoms in total. The van der Waals surface area contributed by atoms with Gasteiger partial charge in [-0.15, -0.1) is 0 Å². The fourth-order valence-electron chi connectivity index (χ4n) is 0.986. The maximum Gasteiger partial charge on any atom is 0.0701 e. The highest BCUT2D eigenvalue weighted by Gasteiger charge is 2.03. The molecule has 0 aromatic carbocycles. The van der Waals surface area contributed by atoms with E-state index in [9.17, 15) is 0 Å². The second-order valence-corrected chi connectivity index (χ2v) is 3.03. The van der Waals surface area contributed by atoms with Gasteiger partial charge in [-0.05, 0) is 19.3 Å². The lowest BCUT2D eigenvalue weighted by atomic mass is 10.1. The van der Waals surface area contributed by atoms with E-state index in [0.29, 0.717) is 12.5 Å². The van der Waals surface area contributed by atoms with Gasteiger partial charge in [0.1, 0.15) is 0 Å². The van der Waals surface area contributed by atoms with Crippen LogP contribution in [0.2, 0.25) is 0 Å². The topological polar surface area (TPSA) is 29.5 Å². The van der Waals surface area contributed by atoms with Crippen LogP contribution in [0.1, 0.15) is 27.2 Å². The van der Waals surface area contributed by atoms with Crippen LogP contribution in [-0.2, 0) is 4.74 Å². The van der Waals surface area contributed by atoms with Gasteiger partial charge >= 0.3 is 0 Å². The van der Waals surface area contributed by atoms with Crippen LogP contribution in [0.15, 0.2) is 0 Å². The van der Waals surface area contributed by atoms with Crippen molar-refractivity contribution in [3.63, 3.8) is 0 Å². The fraction of sp³-hybridized carbons (Fsp3) is 1.00. The summed E-state index contributed by atoms with van der Waals surface area (Å²) in [5, 5.41) is 8.42. The van der Waals surface area contributed by atoms with Gasteiger partial charge in [0.25, 0.3) is 0 Å². The smallest absolute Gasteiger partial charge is 0.0701 e. The number of rotatable bonds is 5. The minimum absolute atomic E-state index is 0.127. The molecule has 62 valence electrons. The monoisotopic (exact) mass is 146 g/mol. The first-order valence-corrected chi connectivity index (χ1v) is 3.89. The molecule has 0 aliphatic carbocycles. The summed E-state index contributed by atoms with van der Waals surface area (Å²) in [6, 6.07) is 0. The molecule has 0 saturated carbocycles. The van der Waals surface area contributed by atoms with E-state index in [0.717, 1.165) is 6.42 Å². The van der Waals surface area contributed by atoms with Gasteiger partial charge < -0.3 is 9.84 Å². The lowest BCUT2D eigenvalue weighted by Gasteiger charge is -2.13. The van der Waals surface area contributed by atoms with Crippen LogP contribution in [0.4, 0.5) is 0 Å². The molecule has 0 spiro atoms. The molecule has 0 aromatic heterocycles. The van der Waals surface area contributed by atoms with E-state index in [1.165, 1.54) is 0 Å². The largest absolute Gasteiger partial charge is 0.394 e. The van der Waals surface area contributed by atoms with Crippen molar-refractivity contribution in [1.29, 1.82) is 0 Å². The second kappa shape index (κ2) is 5.69. The van der Waals surface area contributed by atoms with Crippen LogP contribution in [0.5, 0.6) is 0 Å². The number of hydrogen-bond acceptors (Lipinski definition) is 2. The van der Waals surface area contributed by atoms with Crippen LogP contribution < -0.4 is 0 Å². The lowest BCUT2D eigenvalue weighted by Crippen LogP contribution is -2.13. The van der Waals surface area contributed by atoms with Crippen molar-refractivity contribution in [2.75, 3.05) is 13.2 Å². The predicted molar refractivity (Wildman–Crippen MR) is 42.0 cm³/mol. The summed E-state index contributed by atoms with van der Waals surface area (Å²) in [4.78, 5) is 0. The summed E-state index contributed by atoms with van der Waals surface area (Å²) in [6.07, 6.45) is 1.35. The van der Waals surface area contributed by atoms with Gasteiger partial charge in [-0.25, -0.2) is 0 Å². The van der Waals surface area contributed by atoms with Crippen LogP contribution in [0.25, 0.3) is 0 Å². The van der Waals surface area contributed by atoms with E-state index in [1.807, 2.05) is 6.92 Å². The van der Waals surface area contributed by atoms with Gasteiger partial charge in [-0.2, -0.15) is 0 Å². The zero-order valence-corrected chi connectivity index (χ0v) is 7.13. The van der Waals surface area contributed by atoms with Crippen LogP contribution in [0.3, 0.4) is 0 Å². The predicted octanol–water partition coefficient (Wildman–Crippen LogP) is 1.43. The van der Waals surface area contributed by atoms with E-state index in [4.69, 9.17) is 9.84 Å². The molecule has 10 heavy (non-hydrogen) atoms. The lowest BCUT2D eigenvalue weighted by molar-refractivity contribution is 0.0283. The third kappa shape index (κ3) is 6.05. The van der Waals surface area contributed by atoms with Gasteiger partial charge in [0.15, 0.2) is 0 Å². The average molecular weight is 146 g/mol. The van der Waals surface area contributed by atoms with Gasteiger partial charge in [-0.3, -0.25) is 0 Å². The van der Waals surface area contributed by atoms with Gasteiger partial charge in [-0.1, -0.05) is 13.8 Å². The van der Waals surface area contributed by atoms with Crippen molar-refractivity contribution < 1.29 is 9.84 Å². The quantitative estimate of drug-likeness (QED) is 0.635. The molecule has 0 amide bonds. The highest BCUT2D eigenvalue weighted by Crippen LogP contribution is 2.06. The van der Waals surface area contributed by atoms with E-state index < -0.39 is 0 Å². The SMILES string of the molecule is CC(C)C[C@@H](C)OCCO. The Morgan fingerprint density at radius 1 is 1.30 bits per heavy atom. The highest BCUT2D eigenvalue weighted by atomic mass is 16.5. The molecule has 0 rings (SSSR count). The summed E-state index contributed by atoms with van der Waals surface area (Å²) in [5.74, 6) is 0.675. The van der Waals surface area contributed by atoms with Gasteiger partial charge in [0, 0.05) is 0 Å². The Morgan fingerprint density at radius 2 is 1.90 bits per heavy atom. The van der Waals surface area contributed by atoms with Crippen molar-refractivity contribution >= 4 is 0 Å². The first-order valence-electron chi connectivity index (χ1n) is 3.89. The Kier molecular flexibility index (Phi) is 5.64. The molecular weight excluding hydrogens is 128 g/mol. The van der Waals surface area contributed by atoms with Crippen LogP contribution in [-0.4, -0.2) is 24.4 Å². The zero-order valence-electron chi connectivity index (χ0n) is 7.13. The van der Waals surface area contributed by atoms with Gasteiger partial charge in [0.05, 0.1) is 19.3 Å². The van der Waals surface area contributed by atoms with Crippen molar-refractivity contribution in [3.8, 4) is 0 Å². The zero-order chi connectivity index (χ0) is 7.98. The Bertz CT molecular complexity index is 71.7. The molecule has 0 saturated heterocycles.